The summed E-state index contributed by atoms with van der Waals surface area (Å²) in [4.78, 5) is 77.0. The molecule has 71 heavy (non-hydrogen) atoms. The Morgan fingerprint density at radius 2 is 0.972 bits per heavy atom. The van der Waals surface area contributed by atoms with Gasteiger partial charge in [-0.15, -0.1) is 0 Å². The van der Waals surface area contributed by atoms with Gasteiger partial charge in [0.05, 0.1) is 35.4 Å². The van der Waals surface area contributed by atoms with Gasteiger partial charge in [-0.3, -0.25) is 28.8 Å². The molecular weight excluding hydrogens is 901 g/mol. The molecule has 16 rings (SSSR count). The van der Waals surface area contributed by atoms with Crippen molar-refractivity contribution >= 4 is 35.4 Å². The van der Waals surface area contributed by atoms with Gasteiger partial charge in [0.1, 0.15) is 23.8 Å². The number of carbonyl (C=O) groups excluding carboxylic acids is 6. The maximum Gasteiger partial charge on any atom is 0.311 e. The average molecular weight is 983 g/mol. The van der Waals surface area contributed by atoms with Crippen LogP contribution in [0.1, 0.15) is 150 Å². The van der Waals surface area contributed by atoms with Crippen molar-refractivity contribution in [2.24, 2.45) is 142 Å². The molecule has 16 saturated carbocycles. The van der Waals surface area contributed by atoms with Crippen molar-refractivity contribution in [2.45, 2.75) is 175 Å². The van der Waals surface area contributed by atoms with E-state index >= 15 is 0 Å². The Morgan fingerprint density at radius 3 is 1.44 bits per heavy atom. The minimum atomic E-state index is -0.440. The van der Waals surface area contributed by atoms with Crippen molar-refractivity contribution in [1.82, 2.24) is 0 Å². The van der Waals surface area contributed by atoms with Crippen molar-refractivity contribution in [2.75, 3.05) is 13.6 Å². The number of carbonyl (C=O) groups is 6. The summed E-state index contributed by atoms with van der Waals surface area (Å²) in [6.07, 6.45) is 18.3. The molecule has 0 saturated heterocycles. The molecule has 27 atom stereocenters. The molecule has 12 nitrogen and oxygen atoms in total. The summed E-state index contributed by atoms with van der Waals surface area (Å²) in [6.45, 7) is 9.92. The number of ketones is 2. The second-order valence-electron chi connectivity index (χ2n) is 27.5. The van der Waals surface area contributed by atoms with Crippen LogP contribution in [0.15, 0.2) is 0 Å². The number of Topliss-reactive ketones (excluding diaryl/α,β-unsaturated/α-hetero) is 2. The van der Waals surface area contributed by atoms with Crippen LogP contribution in [0.25, 0.3) is 0 Å². The highest BCUT2D eigenvalue weighted by atomic mass is 16.7. The Kier molecular flexibility index (Phi) is 12.0. The normalized spacial score (nSPS) is 50.3. The van der Waals surface area contributed by atoms with Crippen LogP contribution in [-0.4, -0.2) is 73.4 Å². The third kappa shape index (κ3) is 7.72. The van der Waals surface area contributed by atoms with Crippen LogP contribution in [0.5, 0.6) is 0 Å². The molecule has 0 heterocycles. The predicted octanol–water partition coefficient (Wildman–Crippen LogP) is 9.18. The molecular formula is C59H82O12. The summed E-state index contributed by atoms with van der Waals surface area (Å²) in [5.41, 5.74) is -0.440. The first-order valence-electron chi connectivity index (χ1n) is 29.2. The number of hydrogen-bond donors (Lipinski definition) is 0. The van der Waals surface area contributed by atoms with E-state index in [-0.39, 0.29) is 103 Å². The monoisotopic (exact) mass is 983 g/mol. The lowest BCUT2D eigenvalue weighted by atomic mass is 9.54. The molecule has 0 amide bonds. The van der Waals surface area contributed by atoms with Gasteiger partial charge in [-0.05, 0) is 224 Å². The van der Waals surface area contributed by atoms with Gasteiger partial charge in [0, 0.05) is 23.7 Å². The van der Waals surface area contributed by atoms with E-state index in [2.05, 4.69) is 0 Å². The van der Waals surface area contributed by atoms with E-state index in [4.69, 9.17) is 28.4 Å². The van der Waals surface area contributed by atoms with E-state index in [1.54, 1.807) is 0 Å². The molecule has 12 heteroatoms. The van der Waals surface area contributed by atoms with Gasteiger partial charge >= 0.3 is 23.9 Å². The summed E-state index contributed by atoms with van der Waals surface area (Å²) in [6, 6.07) is 0. The number of esters is 4. The summed E-state index contributed by atoms with van der Waals surface area (Å²) < 4.78 is 35.8. The van der Waals surface area contributed by atoms with Gasteiger partial charge in [0.25, 0.3) is 0 Å². The number of rotatable bonds is 14. The molecule has 390 valence electrons. The van der Waals surface area contributed by atoms with Crippen molar-refractivity contribution in [1.29, 1.82) is 0 Å². The lowest BCUT2D eigenvalue weighted by Crippen LogP contribution is -2.55. The number of fused-ring (bicyclic) bond motifs is 18. The minimum absolute atomic E-state index is 0.0116. The fourth-order valence-electron chi connectivity index (χ4n) is 21.0. The van der Waals surface area contributed by atoms with E-state index in [1.807, 2.05) is 34.6 Å². The van der Waals surface area contributed by atoms with Gasteiger partial charge in [-0.1, -0.05) is 20.8 Å². The van der Waals surface area contributed by atoms with Crippen LogP contribution in [-0.2, 0) is 57.2 Å². The Bertz CT molecular complexity index is 2170. The lowest BCUT2D eigenvalue weighted by Gasteiger charge is -2.52. The molecule has 0 aromatic carbocycles. The highest BCUT2D eigenvalue weighted by Crippen LogP contribution is 2.71. The molecule has 27 unspecified atom stereocenters. The Hall–Kier alpha value is -2.86. The zero-order chi connectivity index (χ0) is 48.9. The molecule has 0 aromatic heterocycles. The van der Waals surface area contributed by atoms with E-state index in [1.165, 1.54) is 6.42 Å². The maximum absolute atomic E-state index is 13.2. The summed E-state index contributed by atoms with van der Waals surface area (Å²) >= 11 is 0. The Labute approximate surface area is 420 Å². The third-order valence-electron chi connectivity index (χ3n) is 24.1. The zero-order valence-electron chi connectivity index (χ0n) is 43.1. The standard InChI is InChI=1S/C30H42O6.C29H40O6/c1-4-30(2,3)29(33)36-23-12-16-11-21(23)25-19-9-15(24(16)25)10-20(19)28(32)35-13-34-27-18-6-14-5-17(8-18)26(31)22(27)7-14;1-3-13(2)28(31)35-23-11-16-10-21(23)25-19-8-15(24(16)25)9-20(19)29(32)34-12-33-27-18-5-14-4-17(7-18)26(30)22(27)6-14/h14-25,27H,4-13H2,1-3H3;13-25,27H,3-12H2,1-2H3. The fourth-order valence-corrected chi connectivity index (χ4v) is 21.0. The SMILES string of the molecule is CCC(C)(C)C(=O)OC1CC2CC1C1C3CC(CC3C(=O)OCOC3C4CC5CC(C4)C(=O)C3C5)C21.CCC(C)C(=O)OC1CC2CC1C1C3CC(CC3C(=O)OCOC3C4CC5CC(C4)C(=O)C3C5)C21. The van der Waals surface area contributed by atoms with E-state index < -0.39 is 5.41 Å². The lowest BCUT2D eigenvalue weighted by molar-refractivity contribution is -0.194. The molecule has 16 bridgehead atoms. The molecule has 0 radical (unpaired) electrons. The van der Waals surface area contributed by atoms with E-state index in [9.17, 15) is 28.8 Å². The molecule has 0 N–H and O–H groups in total. The minimum Gasteiger partial charge on any atom is -0.462 e. The van der Waals surface area contributed by atoms with Crippen LogP contribution in [0, 0.1) is 142 Å². The Morgan fingerprint density at radius 1 is 0.521 bits per heavy atom. The van der Waals surface area contributed by atoms with Crippen LogP contribution >= 0.6 is 0 Å². The summed E-state index contributed by atoms with van der Waals surface area (Å²) in [7, 11) is 0. The van der Waals surface area contributed by atoms with Gasteiger partial charge in [-0.25, -0.2) is 0 Å². The van der Waals surface area contributed by atoms with Gasteiger partial charge < -0.3 is 28.4 Å². The van der Waals surface area contributed by atoms with Crippen LogP contribution in [0.2, 0.25) is 0 Å². The smallest absolute Gasteiger partial charge is 0.311 e. The van der Waals surface area contributed by atoms with Crippen molar-refractivity contribution in [3.8, 4) is 0 Å². The first kappa shape index (κ1) is 47.8. The molecule has 16 aliphatic carbocycles. The van der Waals surface area contributed by atoms with Crippen LogP contribution < -0.4 is 0 Å². The van der Waals surface area contributed by atoms with E-state index in [0.717, 1.165) is 109 Å². The van der Waals surface area contributed by atoms with Gasteiger partial charge in [0.15, 0.2) is 13.6 Å². The molecule has 16 aliphatic rings. The average Bonchev–Trinajstić information content (AvgIpc) is 4.24. The molecule has 0 aliphatic heterocycles. The predicted molar refractivity (Wildman–Crippen MR) is 256 cm³/mol. The fraction of sp³-hybridized carbons (Fsp3) is 0.898. The first-order valence-corrected chi connectivity index (χ1v) is 29.2. The maximum atomic E-state index is 13.2. The molecule has 0 spiro atoms. The van der Waals surface area contributed by atoms with Crippen molar-refractivity contribution in [3.05, 3.63) is 0 Å². The highest BCUT2D eigenvalue weighted by molar-refractivity contribution is 5.87. The summed E-state index contributed by atoms with van der Waals surface area (Å²) in [5.74, 6) is 9.64. The quantitative estimate of drug-likeness (QED) is 0.0705. The topological polar surface area (TPSA) is 158 Å². The van der Waals surface area contributed by atoms with Gasteiger partial charge in [0.2, 0.25) is 0 Å². The van der Waals surface area contributed by atoms with Gasteiger partial charge in [-0.2, -0.15) is 0 Å². The highest BCUT2D eigenvalue weighted by Gasteiger charge is 2.68. The van der Waals surface area contributed by atoms with Crippen molar-refractivity contribution < 1.29 is 57.2 Å². The first-order chi connectivity index (χ1) is 34.2. The third-order valence-corrected chi connectivity index (χ3v) is 24.1. The van der Waals surface area contributed by atoms with Crippen LogP contribution in [0.4, 0.5) is 0 Å². The van der Waals surface area contributed by atoms with E-state index in [0.29, 0.717) is 106 Å². The second kappa shape index (κ2) is 17.9. The largest absolute Gasteiger partial charge is 0.462 e. The summed E-state index contributed by atoms with van der Waals surface area (Å²) in [5, 5.41) is 0. The number of ether oxygens (including phenoxy) is 6. The molecule has 0 aromatic rings. The van der Waals surface area contributed by atoms with Crippen LogP contribution in [0.3, 0.4) is 0 Å². The number of hydrogen-bond acceptors (Lipinski definition) is 12. The second-order valence-corrected chi connectivity index (χ2v) is 27.5. The van der Waals surface area contributed by atoms with Crippen molar-refractivity contribution in [3.63, 3.8) is 0 Å². The zero-order valence-corrected chi connectivity index (χ0v) is 43.1. The molecule has 16 fully saturated rings. The Balaban J connectivity index is 0.000000139.